The van der Waals surface area contributed by atoms with Gasteiger partial charge in [0, 0.05) is 20.6 Å². The zero-order valence-corrected chi connectivity index (χ0v) is 10.5. The zero-order chi connectivity index (χ0) is 13.3. The van der Waals surface area contributed by atoms with Gasteiger partial charge in [-0.25, -0.2) is 9.59 Å². The summed E-state index contributed by atoms with van der Waals surface area (Å²) in [5.74, 6) is -0.586. The van der Waals surface area contributed by atoms with Gasteiger partial charge in [-0.3, -0.25) is 0 Å². The maximum Gasteiger partial charge on any atom is 0.407 e. The van der Waals surface area contributed by atoms with E-state index in [9.17, 15) is 9.59 Å². The van der Waals surface area contributed by atoms with Crippen molar-refractivity contribution in [1.82, 2.24) is 5.32 Å². The van der Waals surface area contributed by atoms with Crippen molar-refractivity contribution in [2.45, 2.75) is 25.7 Å². The molecule has 0 unspecified atom stereocenters. The topological polar surface area (TPSA) is 83.1 Å². The van der Waals surface area contributed by atoms with Crippen molar-refractivity contribution in [2.75, 3.05) is 27.9 Å². The van der Waals surface area contributed by atoms with Crippen molar-refractivity contribution < 1.29 is 28.5 Å². The molecule has 1 N–H and O–H groups in total. The number of hydrogen-bond donors (Lipinski definition) is 1. The van der Waals surface area contributed by atoms with Gasteiger partial charge < -0.3 is 24.3 Å². The first-order chi connectivity index (χ1) is 8.08. The summed E-state index contributed by atoms with van der Waals surface area (Å²) in [6.07, 6.45) is -1.16. The highest BCUT2D eigenvalue weighted by Gasteiger charge is 2.26. The van der Waals surface area contributed by atoms with E-state index in [1.165, 1.54) is 21.3 Å². The van der Waals surface area contributed by atoms with Crippen molar-refractivity contribution in [3.63, 3.8) is 0 Å². The van der Waals surface area contributed by atoms with E-state index < -0.39 is 24.4 Å². The largest absolute Gasteiger partial charge is 0.467 e. The highest BCUT2D eigenvalue weighted by atomic mass is 16.7. The molecule has 0 saturated heterocycles. The minimum Gasteiger partial charge on any atom is -0.467 e. The van der Waals surface area contributed by atoms with Crippen LogP contribution in [0.15, 0.2) is 0 Å². The molecule has 0 aliphatic carbocycles. The lowest BCUT2D eigenvalue weighted by molar-refractivity contribution is -0.149. The van der Waals surface area contributed by atoms with E-state index in [-0.39, 0.29) is 13.0 Å². The summed E-state index contributed by atoms with van der Waals surface area (Å²) in [5.41, 5.74) is 0. The highest BCUT2D eigenvalue weighted by Crippen LogP contribution is 2.05. The first kappa shape index (κ1) is 15.7. The third-order valence-corrected chi connectivity index (χ3v) is 2.01. The molecular weight excluding hydrogens is 230 g/mol. The summed E-state index contributed by atoms with van der Waals surface area (Å²) in [7, 11) is 4.11. The van der Waals surface area contributed by atoms with Crippen LogP contribution in [0, 0.1) is 0 Å². The van der Waals surface area contributed by atoms with Crippen molar-refractivity contribution in [3.8, 4) is 0 Å². The van der Waals surface area contributed by atoms with E-state index in [0.29, 0.717) is 0 Å². The van der Waals surface area contributed by atoms with Gasteiger partial charge >= 0.3 is 12.1 Å². The average molecular weight is 249 g/mol. The smallest absolute Gasteiger partial charge is 0.407 e. The van der Waals surface area contributed by atoms with E-state index >= 15 is 0 Å². The Bertz CT molecular complexity index is 241. The van der Waals surface area contributed by atoms with Gasteiger partial charge in [-0.05, 0) is 6.92 Å². The second-order valence-corrected chi connectivity index (χ2v) is 3.08. The molecule has 7 heteroatoms. The molecule has 0 spiro atoms. The number of amides is 1. The first-order valence-electron chi connectivity index (χ1n) is 5.15. The van der Waals surface area contributed by atoms with E-state index in [0.717, 1.165) is 0 Å². The molecule has 0 fully saturated rings. The molecule has 0 heterocycles. The van der Waals surface area contributed by atoms with Crippen LogP contribution in [0.3, 0.4) is 0 Å². The lowest BCUT2D eigenvalue weighted by Gasteiger charge is -2.20. The molecule has 17 heavy (non-hydrogen) atoms. The van der Waals surface area contributed by atoms with Gasteiger partial charge in [0.05, 0.1) is 13.7 Å². The maximum absolute atomic E-state index is 11.4. The summed E-state index contributed by atoms with van der Waals surface area (Å²) in [6, 6.07) is -0.871. The quantitative estimate of drug-likeness (QED) is 0.515. The number of methoxy groups -OCH3 is 3. The summed E-state index contributed by atoms with van der Waals surface area (Å²) in [6.45, 7) is 1.89. The summed E-state index contributed by atoms with van der Waals surface area (Å²) in [4.78, 5) is 22.6. The van der Waals surface area contributed by atoms with Gasteiger partial charge in [-0.1, -0.05) is 0 Å². The molecule has 7 nitrogen and oxygen atoms in total. The molecule has 0 aromatic rings. The van der Waals surface area contributed by atoms with E-state index in [2.05, 4.69) is 14.8 Å². The van der Waals surface area contributed by atoms with Crippen LogP contribution in [0.25, 0.3) is 0 Å². The number of carbonyl (C=O) groups is 2. The number of rotatable bonds is 7. The Balaban J connectivity index is 4.42. The molecule has 0 saturated carbocycles. The molecule has 0 rings (SSSR count). The van der Waals surface area contributed by atoms with Crippen LogP contribution in [0.2, 0.25) is 0 Å². The van der Waals surface area contributed by atoms with Gasteiger partial charge in [-0.15, -0.1) is 0 Å². The molecule has 0 aliphatic heterocycles. The van der Waals surface area contributed by atoms with Crippen LogP contribution < -0.4 is 5.32 Å². The standard InChI is InChI=1S/C10H19NO6/c1-5-17-10(13)11-7(9(12)16-4)6-8(14-2)15-3/h7-8H,5-6H2,1-4H3,(H,11,13)/t7-/m0/s1. The van der Waals surface area contributed by atoms with E-state index in [1.807, 2.05) is 0 Å². The van der Waals surface area contributed by atoms with Crippen LogP contribution in [0.5, 0.6) is 0 Å². The van der Waals surface area contributed by atoms with Crippen molar-refractivity contribution in [2.24, 2.45) is 0 Å². The Labute approximate surface area is 100 Å². The fraction of sp³-hybridized carbons (Fsp3) is 0.800. The Morgan fingerprint density at radius 2 is 1.76 bits per heavy atom. The SMILES string of the molecule is CCOC(=O)N[C@@H](CC(OC)OC)C(=O)OC. The highest BCUT2D eigenvalue weighted by molar-refractivity contribution is 5.81. The van der Waals surface area contributed by atoms with E-state index in [4.69, 9.17) is 9.47 Å². The van der Waals surface area contributed by atoms with Gasteiger partial charge in [0.1, 0.15) is 6.04 Å². The van der Waals surface area contributed by atoms with Crippen molar-refractivity contribution >= 4 is 12.1 Å². The Kier molecular flexibility index (Phi) is 8.08. The third-order valence-electron chi connectivity index (χ3n) is 2.01. The molecule has 0 radical (unpaired) electrons. The minimum absolute atomic E-state index is 0.137. The number of carbonyl (C=O) groups excluding carboxylic acids is 2. The van der Waals surface area contributed by atoms with Crippen LogP contribution >= 0.6 is 0 Å². The number of alkyl carbamates (subject to hydrolysis) is 1. The minimum atomic E-state index is -0.871. The molecule has 0 bridgehead atoms. The Morgan fingerprint density at radius 3 is 2.18 bits per heavy atom. The van der Waals surface area contributed by atoms with Gasteiger partial charge in [0.15, 0.2) is 6.29 Å². The van der Waals surface area contributed by atoms with Crippen LogP contribution in [-0.4, -0.2) is 52.3 Å². The Morgan fingerprint density at radius 1 is 1.18 bits per heavy atom. The molecule has 1 atom stereocenters. The lowest BCUT2D eigenvalue weighted by Crippen LogP contribution is -2.44. The maximum atomic E-state index is 11.4. The molecule has 0 aliphatic rings. The fourth-order valence-corrected chi connectivity index (χ4v) is 1.15. The van der Waals surface area contributed by atoms with Crippen LogP contribution in [-0.2, 0) is 23.7 Å². The lowest BCUT2D eigenvalue weighted by atomic mass is 10.2. The molecule has 1 amide bonds. The second kappa shape index (κ2) is 8.77. The number of hydrogen-bond acceptors (Lipinski definition) is 6. The van der Waals surface area contributed by atoms with E-state index in [1.54, 1.807) is 6.92 Å². The number of nitrogens with one attached hydrogen (secondary N) is 1. The van der Waals surface area contributed by atoms with Gasteiger partial charge in [0.25, 0.3) is 0 Å². The summed E-state index contributed by atoms with van der Waals surface area (Å²) < 4.78 is 19.1. The molecule has 0 aromatic heterocycles. The predicted octanol–water partition coefficient (Wildman–Crippen LogP) is 0.283. The van der Waals surface area contributed by atoms with Crippen molar-refractivity contribution in [1.29, 1.82) is 0 Å². The monoisotopic (exact) mass is 249 g/mol. The zero-order valence-electron chi connectivity index (χ0n) is 10.5. The molecule has 0 aromatic carbocycles. The fourth-order valence-electron chi connectivity index (χ4n) is 1.15. The van der Waals surface area contributed by atoms with Crippen LogP contribution in [0.4, 0.5) is 4.79 Å². The number of esters is 1. The summed E-state index contributed by atoms with van der Waals surface area (Å²) in [5, 5.41) is 2.37. The molecular formula is C10H19NO6. The van der Waals surface area contributed by atoms with Gasteiger partial charge in [0.2, 0.25) is 0 Å². The second-order valence-electron chi connectivity index (χ2n) is 3.08. The molecule has 100 valence electrons. The van der Waals surface area contributed by atoms with Crippen molar-refractivity contribution in [3.05, 3.63) is 0 Å². The Hall–Kier alpha value is -1.34. The normalized spacial score (nSPS) is 12.1. The predicted molar refractivity (Wildman–Crippen MR) is 58.4 cm³/mol. The average Bonchev–Trinajstić information content (AvgIpc) is 2.33. The number of ether oxygens (including phenoxy) is 4. The third kappa shape index (κ3) is 6.08. The summed E-state index contributed by atoms with van der Waals surface area (Å²) >= 11 is 0. The van der Waals surface area contributed by atoms with Gasteiger partial charge in [-0.2, -0.15) is 0 Å². The first-order valence-corrected chi connectivity index (χ1v) is 5.15. The van der Waals surface area contributed by atoms with Crippen LogP contribution in [0.1, 0.15) is 13.3 Å².